The fraction of sp³-hybridized carbons (Fsp3) is 0.400. The number of imidazole rings is 1. The highest BCUT2D eigenvalue weighted by Gasteiger charge is 2.27. The van der Waals surface area contributed by atoms with E-state index >= 15 is 0 Å². The molecule has 0 saturated heterocycles. The molecule has 4 aromatic rings. The van der Waals surface area contributed by atoms with E-state index in [0.717, 1.165) is 40.4 Å². The van der Waals surface area contributed by atoms with Crippen molar-refractivity contribution in [2.75, 3.05) is 26.2 Å². The summed E-state index contributed by atoms with van der Waals surface area (Å²) in [6.07, 6.45) is 3.00. The number of hydrogen-bond donors (Lipinski definition) is 4. The Bertz CT molecular complexity index is 1790. The van der Waals surface area contributed by atoms with Crippen LogP contribution in [-0.2, 0) is 33.8 Å². The van der Waals surface area contributed by atoms with E-state index in [0.29, 0.717) is 35.9 Å². The van der Waals surface area contributed by atoms with E-state index in [2.05, 4.69) is 44.1 Å². The third kappa shape index (κ3) is 9.28. The van der Waals surface area contributed by atoms with E-state index in [1.54, 1.807) is 25.1 Å². The van der Waals surface area contributed by atoms with Gasteiger partial charge < -0.3 is 30.7 Å². The van der Waals surface area contributed by atoms with Crippen molar-refractivity contribution in [3.05, 3.63) is 82.6 Å². The first-order valence-electron chi connectivity index (χ1n) is 16.5. The highest BCUT2D eigenvalue weighted by molar-refractivity contribution is 7.08. The van der Waals surface area contributed by atoms with Gasteiger partial charge in [0.2, 0.25) is 17.7 Å². The van der Waals surface area contributed by atoms with Gasteiger partial charge >= 0.3 is 0 Å². The first-order chi connectivity index (χ1) is 23.6. The number of aromatic nitrogens is 3. The second-order valence-electron chi connectivity index (χ2n) is 12.5. The molecule has 49 heavy (non-hydrogen) atoms. The SMILES string of the molecule is CC(C)Cc1nc2ccc3cc2n1CCCNC(=O)[C@@H](C)NC(=O)[C@H](Cc1ccccc1)NC(=O)CN(C(=O)c1ccns1)CCNC3=O. The zero-order chi connectivity index (χ0) is 34.9. The number of rotatable bonds is 5. The van der Waals surface area contributed by atoms with Crippen LogP contribution < -0.4 is 21.3 Å². The average Bonchev–Trinajstić information content (AvgIpc) is 3.73. The van der Waals surface area contributed by atoms with Gasteiger partial charge in [0.1, 0.15) is 22.8 Å². The van der Waals surface area contributed by atoms with Crippen LogP contribution in [0.25, 0.3) is 11.0 Å². The Morgan fingerprint density at radius 3 is 2.49 bits per heavy atom. The number of carbonyl (C=O) groups is 5. The molecule has 5 rings (SSSR count). The number of fused-ring (bicyclic) bond motifs is 1. The van der Waals surface area contributed by atoms with E-state index in [4.69, 9.17) is 4.98 Å². The number of amides is 5. The van der Waals surface area contributed by atoms with E-state index in [9.17, 15) is 24.0 Å². The maximum absolute atomic E-state index is 13.5. The standard InChI is InChI=1S/C35H42N8O5S/c1-22(2)18-30-40-26-11-10-25-20-28(26)43(30)16-7-13-36-32(45)23(3)39-34(47)27(19-24-8-5-4-6-9-24)41-31(44)21-42(17-15-37-33(25)46)35(48)29-12-14-38-49-29/h4-6,8-12,14,20,22-23,27H,7,13,15-19,21H2,1-3H3,(H,36,45)(H,37,46)(H,39,47)(H,41,44)/t23-,27+/m1/s1. The molecule has 0 unspecified atom stereocenters. The molecule has 1 aliphatic heterocycles. The van der Waals surface area contributed by atoms with E-state index in [1.165, 1.54) is 11.1 Å². The number of benzene rings is 2. The minimum Gasteiger partial charge on any atom is -0.354 e. The summed E-state index contributed by atoms with van der Waals surface area (Å²) in [4.78, 5) is 73.2. The normalized spacial score (nSPS) is 18.8. The Hall–Kier alpha value is -5.11. The van der Waals surface area contributed by atoms with Gasteiger partial charge in [0, 0.05) is 50.8 Å². The van der Waals surface area contributed by atoms with Crippen LogP contribution in [0.5, 0.6) is 0 Å². The lowest BCUT2D eigenvalue weighted by Gasteiger charge is -2.25. The molecule has 1 aliphatic rings. The molecular formula is C35H42N8O5S. The molecule has 5 amide bonds. The predicted molar refractivity (Wildman–Crippen MR) is 186 cm³/mol. The van der Waals surface area contributed by atoms with Crippen LogP contribution in [0.4, 0.5) is 0 Å². The largest absolute Gasteiger partial charge is 0.354 e. The van der Waals surface area contributed by atoms with E-state index in [1.807, 2.05) is 36.4 Å². The van der Waals surface area contributed by atoms with Crippen molar-refractivity contribution in [1.82, 2.24) is 40.1 Å². The monoisotopic (exact) mass is 686 g/mol. The Balaban J connectivity index is 1.43. The Labute approximate surface area is 289 Å². The van der Waals surface area contributed by atoms with Crippen LogP contribution in [0.2, 0.25) is 0 Å². The molecule has 3 heterocycles. The third-order valence-corrected chi connectivity index (χ3v) is 8.90. The summed E-state index contributed by atoms with van der Waals surface area (Å²) >= 11 is 1.000. The summed E-state index contributed by atoms with van der Waals surface area (Å²) in [7, 11) is 0. The van der Waals surface area contributed by atoms with Gasteiger partial charge in [-0.05, 0) is 60.6 Å². The maximum atomic E-state index is 13.5. The van der Waals surface area contributed by atoms with Gasteiger partial charge in [-0.15, -0.1) is 0 Å². The van der Waals surface area contributed by atoms with Crippen molar-refractivity contribution in [3.63, 3.8) is 0 Å². The highest BCUT2D eigenvalue weighted by Crippen LogP contribution is 2.21. The summed E-state index contributed by atoms with van der Waals surface area (Å²) in [5, 5.41) is 11.3. The summed E-state index contributed by atoms with van der Waals surface area (Å²) in [5.74, 6) is -0.971. The molecule has 13 nitrogen and oxygen atoms in total. The minimum absolute atomic E-state index is 0.0291. The van der Waals surface area contributed by atoms with E-state index < -0.39 is 29.8 Å². The zero-order valence-corrected chi connectivity index (χ0v) is 28.7. The minimum atomic E-state index is -1.02. The molecule has 0 fully saturated rings. The Morgan fingerprint density at radius 1 is 0.959 bits per heavy atom. The van der Waals surface area contributed by atoms with Gasteiger partial charge in [-0.1, -0.05) is 44.2 Å². The van der Waals surface area contributed by atoms with Crippen molar-refractivity contribution >= 4 is 52.1 Å². The number of carbonyl (C=O) groups excluding carboxylic acids is 5. The second-order valence-corrected chi connectivity index (χ2v) is 13.4. The number of nitrogens with zero attached hydrogens (tertiary/aromatic N) is 4. The summed E-state index contributed by atoms with van der Waals surface area (Å²) < 4.78 is 6.10. The molecule has 0 spiro atoms. The van der Waals surface area contributed by atoms with Crippen molar-refractivity contribution in [3.8, 4) is 0 Å². The number of hydrogen-bond acceptors (Lipinski definition) is 8. The van der Waals surface area contributed by atoms with Crippen molar-refractivity contribution in [2.45, 2.75) is 58.7 Å². The lowest BCUT2D eigenvalue weighted by Crippen LogP contribution is -2.55. The second kappa shape index (κ2) is 16.3. The Kier molecular flexibility index (Phi) is 11.7. The molecule has 14 heteroatoms. The summed E-state index contributed by atoms with van der Waals surface area (Å²) in [5.41, 5.74) is 2.82. The topological polar surface area (TPSA) is 167 Å². The summed E-state index contributed by atoms with van der Waals surface area (Å²) in [6, 6.07) is 14.2. The van der Waals surface area contributed by atoms with Gasteiger partial charge in [0.05, 0.1) is 17.6 Å². The molecule has 2 bridgehead atoms. The number of aryl methyl sites for hydroxylation is 1. The van der Waals surface area contributed by atoms with Gasteiger partial charge in [-0.2, -0.15) is 0 Å². The van der Waals surface area contributed by atoms with Gasteiger partial charge in [0.15, 0.2) is 0 Å². The van der Waals surface area contributed by atoms with Crippen LogP contribution in [0.3, 0.4) is 0 Å². The summed E-state index contributed by atoms with van der Waals surface area (Å²) in [6.45, 7) is 6.48. The van der Waals surface area contributed by atoms with E-state index in [-0.39, 0.29) is 37.9 Å². The zero-order valence-electron chi connectivity index (χ0n) is 27.9. The molecule has 258 valence electrons. The third-order valence-electron chi connectivity index (χ3n) is 8.16. The van der Waals surface area contributed by atoms with Gasteiger partial charge in [-0.3, -0.25) is 24.0 Å². The molecule has 2 aromatic heterocycles. The first-order valence-corrected chi connectivity index (χ1v) is 17.2. The molecular weight excluding hydrogens is 645 g/mol. The maximum Gasteiger partial charge on any atom is 0.266 e. The highest BCUT2D eigenvalue weighted by atomic mass is 32.1. The molecule has 4 N–H and O–H groups in total. The first kappa shape index (κ1) is 35.2. The van der Waals surface area contributed by atoms with Crippen LogP contribution >= 0.6 is 11.5 Å². The average molecular weight is 687 g/mol. The molecule has 0 radical (unpaired) electrons. The molecule has 2 aromatic carbocycles. The Morgan fingerprint density at radius 2 is 1.76 bits per heavy atom. The quantitative estimate of drug-likeness (QED) is 0.250. The van der Waals surface area contributed by atoms with Crippen molar-refractivity contribution in [2.24, 2.45) is 5.92 Å². The van der Waals surface area contributed by atoms with Crippen LogP contribution in [0.1, 0.15) is 58.6 Å². The molecule has 0 aliphatic carbocycles. The van der Waals surface area contributed by atoms with Crippen LogP contribution in [0.15, 0.2) is 60.8 Å². The van der Waals surface area contributed by atoms with Crippen LogP contribution in [0, 0.1) is 5.92 Å². The number of nitrogens with one attached hydrogen (secondary N) is 4. The molecule has 0 saturated carbocycles. The van der Waals surface area contributed by atoms with Crippen molar-refractivity contribution in [1.29, 1.82) is 0 Å². The van der Waals surface area contributed by atoms with Gasteiger partial charge in [0.25, 0.3) is 11.8 Å². The van der Waals surface area contributed by atoms with Gasteiger partial charge in [-0.25, -0.2) is 9.36 Å². The predicted octanol–water partition coefficient (Wildman–Crippen LogP) is 2.32. The lowest BCUT2D eigenvalue weighted by molar-refractivity contribution is -0.132. The van der Waals surface area contributed by atoms with Crippen LogP contribution in [-0.4, -0.2) is 86.6 Å². The molecule has 2 atom stereocenters. The lowest BCUT2D eigenvalue weighted by atomic mass is 10.0. The fourth-order valence-corrected chi connectivity index (χ4v) is 6.24. The fourth-order valence-electron chi connectivity index (χ4n) is 5.68. The smallest absolute Gasteiger partial charge is 0.266 e. The van der Waals surface area contributed by atoms with Crippen molar-refractivity contribution < 1.29 is 24.0 Å².